The fraction of sp³-hybridized carbons (Fsp3) is 0.818. The van der Waals surface area contributed by atoms with Crippen LogP contribution in [-0.4, -0.2) is 34.8 Å². The maximum atomic E-state index is 5.42. The Labute approximate surface area is 96.7 Å². The molecule has 5 heteroatoms. The minimum atomic E-state index is 0.342. The molecule has 1 rings (SSSR count). The van der Waals surface area contributed by atoms with Gasteiger partial charge in [0.25, 0.3) is 0 Å². The zero-order valence-electron chi connectivity index (χ0n) is 10.3. The van der Waals surface area contributed by atoms with Gasteiger partial charge in [-0.05, 0) is 20.3 Å². The molecule has 0 saturated heterocycles. The summed E-state index contributed by atoms with van der Waals surface area (Å²) in [4.78, 5) is 0. The van der Waals surface area contributed by atoms with E-state index in [1.807, 2.05) is 10.9 Å². The van der Waals surface area contributed by atoms with Crippen LogP contribution in [0, 0.1) is 0 Å². The van der Waals surface area contributed by atoms with Crippen molar-refractivity contribution < 1.29 is 9.47 Å². The Morgan fingerprint density at radius 1 is 1.25 bits per heavy atom. The van der Waals surface area contributed by atoms with Crippen molar-refractivity contribution in [1.29, 1.82) is 0 Å². The van der Waals surface area contributed by atoms with Crippen molar-refractivity contribution >= 4 is 0 Å². The summed E-state index contributed by atoms with van der Waals surface area (Å²) in [6, 6.07) is 0.342. The molecule has 0 amide bonds. The summed E-state index contributed by atoms with van der Waals surface area (Å²) in [7, 11) is 0. The van der Waals surface area contributed by atoms with Crippen LogP contribution >= 0.6 is 0 Å². The zero-order chi connectivity index (χ0) is 11.8. The van der Waals surface area contributed by atoms with E-state index >= 15 is 0 Å². The monoisotopic (exact) mass is 227 g/mol. The van der Waals surface area contributed by atoms with Crippen LogP contribution in [0.5, 0.6) is 0 Å². The molecule has 92 valence electrons. The Kier molecular flexibility index (Phi) is 6.03. The van der Waals surface area contributed by atoms with Gasteiger partial charge in [-0.15, -0.1) is 5.10 Å². The lowest BCUT2D eigenvalue weighted by Crippen LogP contribution is -2.05. The first-order chi connectivity index (χ1) is 7.74. The van der Waals surface area contributed by atoms with Crippen molar-refractivity contribution in [2.75, 3.05) is 19.8 Å². The summed E-state index contributed by atoms with van der Waals surface area (Å²) < 4.78 is 12.5. The van der Waals surface area contributed by atoms with Crippen molar-refractivity contribution in [3.63, 3.8) is 0 Å². The molecule has 1 heterocycles. The molecule has 0 aliphatic rings. The fourth-order valence-corrected chi connectivity index (χ4v) is 1.17. The van der Waals surface area contributed by atoms with Crippen LogP contribution in [0.25, 0.3) is 0 Å². The van der Waals surface area contributed by atoms with E-state index in [2.05, 4.69) is 31.1 Å². The average molecular weight is 227 g/mol. The molecule has 0 saturated carbocycles. The molecule has 0 N–H and O–H groups in total. The van der Waals surface area contributed by atoms with Crippen LogP contribution in [0.2, 0.25) is 0 Å². The molecule has 1 aromatic rings. The van der Waals surface area contributed by atoms with Crippen LogP contribution < -0.4 is 0 Å². The fourth-order valence-electron chi connectivity index (χ4n) is 1.17. The van der Waals surface area contributed by atoms with Gasteiger partial charge in [-0.1, -0.05) is 12.1 Å². The lowest BCUT2D eigenvalue weighted by atomic mass is 10.4. The number of nitrogens with zero attached hydrogens (tertiary/aromatic N) is 3. The van der Waals surface area contributed by atoms with Crippen molar-refractivity contribution in [3.05, 3.63) is 11.9 Å². The molecule has 0 radical (unpaired) electrons. The first-order valence-electron chi connectivity index (χ1n) is 5.80. The Bertz CT molecular complexity index is 287. The molecule has 5 nitrogen and oxygen atoms in total. The molecule has 1 aromatic heterocycles. The van der Waals surface area contributed by atoms with Crippen molar-refractivity contribution in [2.24, 2.45) is 0 Å². The maximum Gasteiger partial charge on any atom is 0.108 e. The van der Waals surface area contributed by atoms with Gasteiger partial charge in [0.2, 0.25) is 0 Å². The van der Waals surface area contributed by atoms with E-state index in [1.165, 1.54) is 0 Å². The summed E-state index contributed by atoms with van der Waals surface area (Å²) in [5.41, 5.74) is 0.865. The number of hydrogen-bond donors (Lipinski definition) is 0. The zero-order valence-corrected chi connectivity index (χ0v) is 10.3. The van der Waals surface area contributed by atoms with Crippen LogP contribution in [0.15, 0.2) is 6.20 Å². The van der Waals surface area contributed by atoms with Gasteiger partial charge in [-0.3, -0.25) is 0 Å². The molecule has 0 spiro atoms. The quantitative estimate of drug-likeness (QED) is 0.635. The largest absolute Gasteiger partial charge is 0.379 e. The molecule has 0 aliphatic heterocycles. The standard InChI is InChI=1S/C11H21N3O2/c1-4-5-15-6-7-16-9-11-8-14(10(2)3)13-12-11/h8,10H,4-7,9H2,1-3H3. The minimum absolute atomic E-state index is 0.342. The molecule has 0 atom stereocenters. The predicted molar refractivity (Wildman–Crippen MR) is 61.2 cm³/mol. The molecule has 16 heavy (non-hydrogen) atoms. The topological polar surface area (TPSA) is 49.2 Å². The van der Waals surface area contributed by atoms with Crippen LogP contribution in [-0.2, 0) is 16.1 Å². The molecular weight excluding hydrogens is 206 g/mol. The number of hydrogen-bond acceptors (Lipinski definition) is 4. The maximum absolute atomic E-state index is 5.42. The van der Waals surface area contributed by atoms with Crippen molar-refractivity contribution in [3.8, 4) is 0 Å². The highest BCUT2D eigenvalue weighted by molar-refractivity contribution is 4.90. The van der Waals surface area contributed by atoms with Crippen LogP contribution in [0.3, 0.4) is 0 Å². The molecular formula is C11H21N3O2. The molecule has 0 bridgehead atoms. The van der Waals surface area contributed by atoms with Gasteiger partial charge in [0, 0.05) is 12.6 Å². The summed E-state index contributed by atoms with van der Waals surface area (Å²) in [6.07, 6.45) is 2.96. The van der Waals surface area contributed by atoms with Crippen molar-refractivity contribution in [2.45, 2.75) is 39.8 Å². The van der Waals surface area contributed by atoms with Gasteiger partial charge < -0.3 is 9.47 Å². The van der Waals surface area contributed by atoms with Gasteiger partial charge in [0.05, 0.1) is 26.0 Å². The number of aromatic nitrogens is 3. The SMILES string of the molecule is CCCOCCOCc1cn(C(C)C)nn1. The third-order valence-electron chi connectivity index (χ3n) is 2.06. The lowest BCUT2D eigenvalue weighted by Gasteiger charge is -2.03. The van der Waals surface area contributed by atoms with Gasteiger partial charge in [0.15, 0.2) is 0 Å². The summed E-state index contributed by atoms with van der Waals surface area (Å²) >= 11 is 0. The van der Waals surface area contributed by atoms with E-state index in [1.54, 1.807) is 0 Å². The number of ether oxygens (including phenoxy) is 2. The molecule has 0 aromatic carbocycles. The summed E-state index contributed by atoms with van der Waals surface area (Å²) in [5, 5.41) is 8.02. The van der Waals surface area contributed by atoms with E-state index in [0.29, 0.717) is 25.9 Å². The average Bonchev–Trinajstić information content (AvgIpc) is 2.72. The third-order valence-corrected chi connectivity index (χ3v) is 2.06. The van der Waals surface area contributed by atoms with Crippen molar-refractivity contribution in [1.82, 2.24) is 15.0 Å². The first kappa shape index (κ1) is 13.1. The highest BCUT2D eigenvalue weighted by atomic mass is 16.5. The van der Waals surface area contributed by atoms with Gasteiger partial charge in [0.1, 0.15) is 5.69 Å². The minimum Gasteiger partial charge on any atom is -0.379 e. The normalized spacial score (nSPS) is 11.2. The third kappa shape index (κ3) is 4.72. The molecule has 0 fully saturated rings. The van der Waals surface area contributed by atoms with Gasteiger partial charge in [-0.2, -0.15) is 0 Å². The van der Waals surface area contributed by atoms with E-state index < -0.39 is 0 Å². The summed E-state index contributed by atoms with van der Waals surface area (Å²) in [6.45, 7) is 8.77. The van der Waals surface area contributed by atoms with E-state index in [0.717, 1.165) is 18.7 Å². The Balaban J connectivity index is 2.12. The predicted octanol–water partition coefficient (Wildman–Crippen LogP) is 1.80. The Hall–Kier alpha value is -0.940. The van der Waals surface area contributed by atoms with Crippen LogP contribution in [0.4, 0.5) is 0 Å². The van der Waals surface area contributed by atoms with Crippen LogP contribution in [0.1, 0.15) is 38.9 Å². The highest BCUT2D eigenvalue weighted by Gasteiger charge is 2.03. The Morgan fingerprint density at radius 2 is 2.00 bits per heavy atom. The lowest BCUT2D eigenvalue weighted by molar-refractivity contribution is 0.0397. The van der Waals surface area contributed by atoms with Gasteiger partial charge in [-0.25, -0.2) is 4.68 Å². The second-order valence-electron chi connectivity index (χ2n) is 3.95. The summed E-state index contributed by atoms with van der Waals surface area (Å²) in [5.74, 6) is 0. The van der Waals surface area contributed by atoms with E-state index in [-0.39, 0.29) is 0 Å². The molecule has 0 unspecified atom stereocenters. The number of rotatable bonds is 8. The van der Waals surface area contributed by atoms with E-state index in [4.69, 9.17) is 9.47 Å². The second kappa shape index (κ2) is 7.35. The molecule has 0 aliphatic carbocycles. The Morgan fingerprint density at radius 3 is 2.62 bits per heavy atom. The van der Waals surface area contributed by atoms with Gasteiger partial charge >= 0.3 is 0 Å². The highest BCUT2D eigenvalue weighted by Crippen LogP contribution is 2.03. The smallest absolute Gasteiger partial charge is 0.108 e. The second-order valence-corrected chi connectivity index (χ2v) is 3.95. The van der Waals surface area contributed by atoms with E-state index in [9.17, 15) is 0 Å². The first-order valence-corrected chi connectivity index (χ1v) is 5.80.